The Hall–Kier alpha value is -2.24. The van der Waals surface area contributed by atoms with E-state index < -0.39 is 5.97 Å². The molecule has 20 heavy (non-hydrogen) atoms. The summed E-state index contributed by atoms with van der Waals surface area (Å²) >= 11 is 0. The zero-order valence-electron chi connectivity index (χ0n) is 11.3. The van der Waals surface area contributed by atoms with E-state index in [4.69, 9.17) is 9.84 Å². The predicted molar refractivity (Wildman–Crippen MR) is 73.9 cm³/mol. The molecule has 6 nitrogen and oxygen atoms in total. The molecule has 1 fully saturated rings. The number of carboxylic acid groups (broad SMARTS) is 1. The Balaban J connectivity index is 1.82. The van der Waals surface area contributed by atoms with Crippen molar-refractivity contribution < 1.29 is 19.4 Å². The summed E-state index contributed by atoms with van der Waals surface area (Å²) in [6.45, 7) is 0. The average Bonchev–Trinajstić information content (AvgIpc) is 2.88. The van der Waals surface area contributed by atoms with Crippen molar-refractivity contribution in [1.29, 1.82) is 0 Å². The molecule has 2 rings (SSSR count). The molecule has 0 aliphatic heterocycles. The Morgan fingerprint density at radius 1 is 1.25 bits per heavy atom. The van der Waals surface area contributed by atoms with Crippen LogP contribution in [-0.4, -0.2) is 30.3 Å². The van der Waals surface area contributed by atoms with Crippen LogP contribution in [0.2, 0.25) is 0 Å². The lowest BCUT2D eigenvalue weighted by atomic mass is 10.1. The van der Waals surface area contributed by atoms with E-state index in [1.165, 1.54) is 0 Å². The van der Waals surface area contributed by atoms with E-state index in [0.29, 0.717) is 24.9 Å². The van der Waals surface area contributed by atoms with Crippen molar-refractivity contribution in [1.82, 2.24) is 5.32 Å². The number of benzene rings is 1. The van der Waals surface area contributed by atoms with Gasteiger partial charge in [0, 0.05) is 11.7 Å². The summed E-state index contributed by atoms with van der Waals surface area (Å²) < 4.78 is 5.03. The molecule has 0 heterocycles. The third kappa shape index (κ3) is 3.63. The van der Waals surface area contributed by atoms with Crippen molar-refractivity contribution in [3.8, 4) is 5.75 Å². The molecule has 1 saturated carbocycles. The first-order valence-corrected chi connectivity index (χ1v) is 6.53. The highest BCUT2D eigenvalue weighted by atomic mass is 16.5. The van der Waals surface area contributed by atoms with E-state index in [-0.39, 0.29) is 18.0 Å². The summed E-state index contributed by atoms with van der Waals surface area (Å²) in [6, 6.07) is 6.61. The van der Waals surface area contributed by atoms with Crippen molar-refractivity contribution >= 4 is 17.7 Å². The third-order valence-electron chi connectivity index (χ3n) is 3.46. The zero-order chi connectivity index (χ0) is 14.5. The van der Waals surface area contributed by atoms with Crippen molar-refractivity contribution in [3.05, 3.63) is 24.3 Å². The summed E-state index contributed by atoms with van der Waals surface area (Å²) in [5.74, 6) is -0.415. The smallest absolute Gasteiger partial charge is 0.319 e. The van der Waals surface area contributed by atoms with Crippen LogP contribution < -0.4 is 15.4 Å². The second kappa shape index (κ2) is 6.27. The van der Waals surface area contributed by atoms with Crippen LogP contribution in [0.1, 0.15) is 19.3 Å². The van der Waals surface area contributed by atoms with E-state index in [9.17, 15) is 9.59 Å². The number of aliphatic carboxylic acids is 1. The molecule has 1 aliphatic rings. The van der Waals surface area contributed by atoms with Crippen molar-refractivity contribution in [2.45, 2.75) is 25.3 Å². The number of urea groups is 1. The Kier molecular flexibility index (Phi) is 4.45. The van der Waals surface area contributed by atoms with E-state index in [2.05, 4.69) is 10.6 Å². The minimum atomic E-state index is -0.787. The van der Waals surface area contributed by atoms with Crippen LogP contribution in [0.5, 0.6) is 5.75 Å². The molecule has 0 unspecified atom stereocenters. The van der Waals surface area contributed by atoms with Gasteiger partial charge >= 0.3 is 12.0 Å². The summed E-state index contributed by atoms with van der Waals surface area (Å²) in [7, 11) is 1.58. The molecule has 3 N–H and O–H groups in total. The number of hydrogen-bond donors (Lipinski definition) is 3. The normalized spacial score (nSPS) is 21.2. The number of carbonyl (C=O) groups excluding carboxylic acids is 1. The van der Waals surface area contributed by atoms with Gasteiger partial charge in [0.05, 0.1) is 13.0 Å². The Labute approximate surface area is 117 Å². The fourth-order valence-corrected chi connectivity index (χ4v) is 2.36. The van der Waals surface area contributed by atoms with Crippen molar-refractivity contribution in [2.24, 2.45) is 5.92 Å². The maximum Gasteiger partial charge on any atom is 0.319 e. The zero-order valence-corrected chi connectivity index (χ0v) is 11.3. The van der Waals surface area contributed by atoms with Crippen LogP contribution in [0.3, 0.4) is 0 Å². The number of ether oxygens (including phenoxy) is 1. The van der Waals surface area contributed by atoms with Gasteiger partial charge in [-0.1, -0.05) is 0 Å². The van der Waals surface area contributed by atoms with Crippen LogP contribution in [0.15, 0.2) is 24.3 Å². The molecule has 0 saturated heterocycles. The lowest BCUT2D eigenvalue weighted by molar-refractivity contribution is -0.141. The van der Waals surface area contributed by atoms with Gasteiger partial charge in [-0.15, -0.1) is 0 Å². The first-order valence-electron chi connectivity index (χ1n) is 6.53. The fourth-order valence-electron chi connectivity index (χ4n) is 2.36. The third-order valence-corrected chi connectivity index (χ3v) is 3.46. The van der Waals surface area contributed by atoms with E-state index in [0.717, 1.165) is 5.75 Å². The van der Waals surface area contributed by atoms with E-state index in [1.807, 2.05) is 0 Å². The molecular formula is C14H18N2O4. The van der Waals surface area contributed by atoms with Crippen LogP contribution in [0, 0.1) is 5.92 Å². The van der Waals surface area contributed by atoms with Gasteiger partial charge in [0.25, 0.3) is 0 Å². The van der Waals surface area contributed by atoms with Gasteiger partial charge in [0.15, 0.2) is 0 Å². The molecule has 0 radical (unpaired) electrons. The lowest BCUT2D eigenvalue weighted by Gasteiger charge is -2.13. The first kappa shape index (κ1) is 14.2. The van der Waals surface area contributed by atoms with E-state index in [1.54, 1.807) is 31.4 Å². The Bertz CT molecular complexity index is 486. The standard InChI is InChI=1S/C14H18N2O4/c1-20-12-6-4-10(5-7-12)15-14(19)16-11-3-2-9(8-11)13(17)18/h4-7,9,11H,2-3,8H2,1H3,(H,17,18)(H2,15,16,19)/t9-,11+/m1/s1. The minimum absolute atomic E-state index is 0.0747. The highest BCUT2D eigenvalue weighted by molar-refractivity contribution is 5.89. The summed E-state index contributed by atoms with van der Waals surface area (Å²) in [5, 5.41) is 14.4. The number of carbonyl (C=O) groups is 2. The molecule has 0 aromatic heterocycles. The number of rotatable bonds is 4. The molecule has 1 aromatic carbocycles. The average molecular weight is 278 g/mol. The van der Waals surface area contributed by atoms with Crippen LogP contribution in [-0.2, 0) is 4.79 Å². The number of methoxy groups -OCH3 is 1. The molecule has 6 heteroatoms. The van der Waals surface area contributed by atoms with Gasteiger partial charge in [-0.3, -0.25) is 4.79 Å². The van der Waals surface area contributed by atoms with Gasteiger partial charge < -0.3 is 20.5 Å². The van der Waals surface area contributed by atoms with Gasteiger partial charge in [-0.2, -0.15) is 0 Å². The second-order valence-electron chi connectivity index (χ2n) is 4.87. The molecule has 1 aromatic rings. The largest absolute Gasteiger partial charge is 0.497 e. The summed E-state index contributed by atoms with van der Waals surface area (Å²) in [4.78, 5) is 22.6. The molecule has 0 spiro atoms. The van der Waals surface area contributed by atoms with Gasteiger partial charge in [-0.05, 0) is 43.5 Å². The highest BCUT2D eigenvalue weighted by Gasteiger charge is 2.30. The summed E-state index contributed by atoms with van der Waals surface area (Å²) in [6.07, 6.45) is 1.81. The maximum absolute atomic E-state index is 11.8. The first-order chi connectivity index (χ1) is 9.58. The van der Waals surface area contributed by atoms with Crippen molar-refractivity contribution in [3.63, 3.8) is 0 Å². The molecular weight excluding hydrogens is 260 g/mol. The second-order valence-corrected chi connectivity index (χ2v) is 4.87. The molecule has 1 aliphatic carbocycles. The minimum Gasteiger partial charge on any atom is -0.497 e. The molecule has 0 bridgehead atoms. The van der Waals surface area contributed by atoms with Gasteiger partial charge in [-0.25, -0.2) is 4.79 Å². The molecule has 108 valence electrons. The summed E-state index contributed by atoms with van der Waals surface area (Å²) in [5.41, 5.74) is 0.663. The van der Waals surface area contributed by atoms with Crippen LogP contribution >= 0.6 is 0 Å². The number of nitrogens with one attached hydrogen (secondary N) is 2. The quantitative estimate of drug-likeness (QED) is 0.786. The Morgan fingerprint density at radius 3 is 2.50 bits per heavy atom. The van der Waals surface area contributed by atoms with Crippen LogP contribution in [0.4, 0.5) is 10.5 Å². The lowest BCUT2D eigenvalue weighted by Crippen LogP contribution is -2.36. The predicted octanol–water partition coefficient (Wildman–Crippen LogP) is 2.07. The van der Waals surface area contributed by atoms with Gasteiger partial charge in [0.1, 0.15) is 5.75 Å². The Morgan fingerprint density at radius 2 is 1.95 bits per heavy atom. The highest BCUT2D eigenvalue weighted by Crippen LogP contribution is 2.25. The maximum atomic E-state index is 11.8. The van der Waals surface area contributed by atoms with E-state index >= 15 is 0 Å². The molecule has 2 amide bonds. The topological polar surface area (TPSA) is 87.7 Å². The fraction of sp³-hybridized carbons (Fsp3) is 0.429. The molecule has 2 atom stereocenters. The van der Waals surface area contributed by atoms with Crippen LogP contribution in [0.25, 0.3) is 0 Å². The monoisotopic (exact) mass is 278 g/mol. The SMILES string of the molecule is COc1ccc(NC(=O)N[C@H]2CC[C@@H](C(=O)O)C2)cc1. The van der Waals surface area contributed by atoms with Crippen molar-refractivity contribution in [2.75, 3.05) is 12.4 Å². The number of amides is 2. The number of carboxylic acids is 1. The number of hydrogen-bond acceptors (Lipinski definition) is 3. The number of anilines is 1. The van der Waals surface area contributed by atoms with Gasteiger partial charge in [0.2, 0.25) is 0 Å².